The molecule has 0 aliphatic heterocycles. The van der Waals surface area contributed by atoms with Crippen LogP contribution in [0.1, 0.15) is 42.5 Å². The lowest BCUT2D eigenvalue weighted by molar-refractivity contribution is 0.102. The Bertz CT molecular complexity index is 1230. The van der Waals surface area contributed by atoms with Gasteiger partial charge < -0.3 is 10.1 Å². The Morgan fingerprint density at radius 1 is 0.938 bits per heavy atom. The molecule has 0 spiro atoms. The van der Waals surface area contributed by atoms with E-state index in [0.717, 1.165) is 35.2 Å². The van der Waals surface area contributed by atoms with E-state index < -0.39 is 0 Å². The molecule has 5 rings (SSSR count). The van der Waals surface area contributed by atoms with Gasteiger partial charge in [-0.2, -0.15) is 0 Å². The molecule has 5 heteroatoms. The Kier molecular flexibility index (Phi) is 5.79. The van der Waals surface area contributed by atoms with Crippen molar-refractivity contribution in [2.75, 3.05) is 5.32 Å². The third-order valence-corrected chi connectivity index (χ3v) is 5.87. The molecule has 2 aromatic carbocycles. The largest absolute Gasteiger partial charge is 0.490 e. The summed E-state index contributed by atoms with van der Waals surface area (Å²) in [5.74, 6) is 0.668. The van der Waals surface area contributed by atoms with Crippen LogP contribution >= 0.6 is 0 Å². The van der Waals surface area contributed by atoms with Crippen LogP contribution in [0.5, 0.6) is 5.75 Å². The number of para-hydroxylation sites is 1. The Morgan fingerprint density at radius 3 is 2.66 bits per heavy atom. The lowest BCUT2D eigenvalue weighted by Gasteiger charge is -2.23. The van der Waals surface area contributed by atoms with Gasteiger partial charge in [0.15, 0.2) is 0 Å². The van der Waals surface area contributed by atoms with Gasteiger partial charge >= 0.3 is 0 Å². The number of carbonyl (C=O) groups is 1. The quantitative estimate of drug-likeness (QED) is 0.411. The molecule has 1 fully saturated rings. The molecule has 0 saturated heterocycles. The van der Waals surface area contributed by atoms with E-state index in [-0.39, 0.29) is 5.91 Å². The van der Waals surface area contributed by atoms with Crippen molar-refractivity contribution in [2.45, 2.75) is 38.2 Å². The van der Waals surface area contributed by atoms with Crippen molar-refractivity contribution in [2.24, 2.45) is 0 Å². The van der Waals surface area contributed by atoms with Gasteiger partial charge in [0.2, 0.25) is 0 Å². The normalized spacial score (nSPS) is 14.2. The maximum Gasteiger partial charge on any atom is 0.257 e. The average molecular weight is 424 g/mol. The van der Waals surface area contributed by atoms with Gasteiger partial charge in [0, 0.05) is 17.1 Å². The van der Waals surface area contributed by atoms with Crippen LogP contribution in [0.3, 0.4) is 0 Å². The monoisotopic (exact) mass is 423 g/mol. The van der Waals surface area contributed by atoms with Gasteiger partial charge in [0.25, 0.3) is 5.91 Å². The van der Waals surface area contributed by atoms with E-state index in [1.165, 1.54) is 19.3 Å². The Balaban J connectivity index is 1.45. The summed E-state index contributed by atoms with van der Waals surface area (Å²) < 4.78 is 6.24. The van der Waals surface area contributed by atoms with Gasteiger partial charge in [0.1, 0.15) is 5.75 Å². The first kappa shape index (κ1) is 20.2. The zero-order valence-electron chi connectivity index (χ0n) is 17.8. The van der Waals surface area contributed by atoms with Crippen LogP contribution in [-0.2, 0) is 0 Å². The lowest BCUT2D eigenvalue weighted by Crippen LogP contribution is -2.19. The third-order valence-electron chi connectivity index (χ3n) is 5.87. The molecule has 5 nitrogen and oxygen atoms in total. The van der Waals surface area contributed by atoms with Gasteiger partial charge in [-0.3, -0.25) is 9.78 Å². The SMILES string of the molecule is O=C(Nc1cccnc1)c1cccc2ccc(-c3cccc(OC4CCCCC4)c3)nc12. The van der Waals surface area contributed by atoms with Crippen LogP contribution in [0.15, 0.2) is 79.1 Å². The van der Waals surface area contributed by atoms with E-state index in [1.54, 1.807) is 24.5 Å². The number of ether oxygens (including phenoxy) is 1. The highest BCUT2D eigenvalue weighted by Crippen LogP contribution is 2.29. The molecule has 1 aliphatic rings. The smallest absolute Gasteiger partial charge is 0.257 e. The highest BCUT2D eigenvalue weighted by atomic mass is 16.5. The first-order chi connectivity index (χ1) is 15.8. The number of pyridine rings is 2. The fraction of sp³-hybridized carbons (Fsp3) is 0.222. The molecule has 1 amide bonds. The second-order valence-electron chi connectivity index (χ2n) is 8.18. The lowest BCUT2D eigenvalue weighted by atomic mass is 9.98. The number of benzene rings is 2. The van der Waals surface area contributed by atoms with Crippen LogP contribution in [-0.4, -0.2) is 22.0 Å². The highest BCUT2D eigenvalue weighted by Gasteiger charge is 2.16. The molecule has 0 unspecified atom stereocenters. The molecular weight excluding hydrogens is 398 g/mol. The van der Waals surface area contributed by atoms with Gasteiger partial charge in [-0.1, -0.05) is 36.8 Å². The number of nitrogens with one attached hydrogen (secondary N) is 1. The molecule has 0 bridgehead atoms. The average Bonchev–Trinajstić information content (AvgIpc) is 2.85. The summed E-state index contributed by atoms with van der Waals surface area (Å²) in [7, 11) is 0. The molecule has 160 valence electrons. The fourth-order valence-electron chi connectivity index (χ4n) is 4.23. The number of aromatic nitrogens is 2. The van der Waals surface area contributed by atoms with Crippen molar-refractivity contribution < 1.29 is 9.53 Å². The van der Waals surface area contributed by atoms with Crippen LogP contribution < -0.4 is 10.1 Å². The molecule has 4 aromatic rings. The molecule has 0 radical (unpaired) electrons. The summed E-state index contributed by atoms with van der Waals surface area (Å²) in [5, 5.41) is 3.82. The first-order valence-electron chi connectivity index (χ1n) is 11.1. The first-order valence-corrected chi connectivity index (χ1v) is 11.1. The van der Waals surface area contributed by atoms with Crippen molar-refractivity contribution in [1.29, 1.82) is 0 Å². The highest BCUT2D eigenvalue weighted by molar-refractivity contribution is 6.12. The molecule has 0 atom stereocenters. The van der Waals surface area contributed by atoms with E-state index >= 15 is 0 Å². The van der Waals surface area contributed by atoms with Crippen molar-refractivity contribution in [3.8, 4) is 17.0 Å². The molecule has 1 aliphatic carbocycles. The minimum absolute atomic E-state index is 0.206. The summed E-state index contributed by atoms with van der Waals surface area (Å²) in [6.07, 6.45) is 9.61. The number of nitrogens with zero attached hydrogens (tertiary/aromatic N) is 2. The maximum atomic E-state index is 13.0. The molecule has 2 aromatic heterocycles. The molecule has 1 N–H and O–H groups in total. The second-order valence-corrected chi connectivity index (χ2v) is 8.18. The third kappa shape index (κ3) is 4.47. The zero-order chi connectivity index (χ0) is 21.8. The maximum absolute atomic E-state index is 13.0. The van der Waals surface area contributed by atoms with Gasteiger partial charge in [0.05, 0.1) is 34.8 Å². The topological polar surface area (TPSA) is 64.1 Å². The van der Waals surface area contributed by atoms with Gasteiger partial charge in [-0.05, 0) is 62.1 Å². The number of fused-ring (bicyclic) bond motifs is 1. The molecule has 2 heterocycles. The Labute approximate surface area is 187 Å². The van der Waals surface area contributed by atoms with Crippen LogP contribution in [0.2, 0.25) is 0 Å². The minimum Gasteiger partial charge on any atom is -0.490 e. The van der Waals surface area contributed by atoms with E-state index in [0.29, 0.717) is 22.9 Å². The van der Waals surface area contributed by atoms with E-state index in [1.807, 2.05) is 54.6 Å². The number of rotatable bonds is 5. The predicted molar refractivity (Wildman–Crippen MR) is 127 cm³/mol. The van der Waals surface area contributed by atoms with E-state index in [9.17, 15) is 4.79 Å². The summed E-state index contributed by atoms with van der Waals surface area (Å²) in [4.78, 5) is 21.9. The van der Waals surface area contributed by atoms with Crippen LogP contribution in [0.25, 0.3) is 22.2 Å². The summed E-state index contributed by atoms with van der Waals surface area (Å²) in [6, 6.07) is 21.3. The van der Waals surface area contributed by atoms with Crippen molar-refractivity contribution in [1.82, 2.24) is 9.97 Å². The zero-order valence-corrected chi connectivity index (χ0v) is 17.8. The van der Waals surface area contributed by atoms with Crippen LogP contribution in [0, 0.1) is 0 Å². The Hall–Kier alpha value is -3.73. The molecular formula is C27H25N3O2. The second kappa shape index (κ2) is 9.18. The number of anilines is 1. The minimum atomic E-state index is -0.206. The summed E-state index contributed by atoms with van der Waals surface area (Å²) in [5.41, 5.74) is 3.64. The van der Waals surface area contributed by atoms with Gasteiger partial charge in [-0.15, -0.1) is 0 Å². The predicted octanol–water partition coefficient (Wildman–Crippen LogP) is 6.26. The van der Waals surface area contributed by atoms with E-state index in [2.05, 4.69) is 10.3 Å². The standard InChI is InChI=1S/C27H25N3O2/c31-27(29-21-9-6-16-28-18-21)24-13-5-7-19-14-15-25(30-26(19)24)20-8-4-12-23(17-20)32-22-10-2-1-3-11-22/h4-9,12-18,22H,1-3,10-11H2,(H,29,31). The fourth-order valence-corrected chi connectivity index (χ4v) is 4.23. The van der Waals surface area contributed by atoms with Crippen LogP contribution in [0.4, 0.5) is 5.69 Å². The molecule has 1 saturated carbocycles. The van der Waals surface area contributed by atoms with Crippen molar-refractivity contribution >= 4 is 22.5 Å². The number of hydrogen-bond donors (Lipinski definition) is 1. The van der Waals surface area contributed by atoms with Crippen molar-refractivity contribution in [3.05, 3.63) is 84.7 Å². The van der Waals surface area contributed by atoms with Gasteiger partial charge in [-0.25, -0.2) is 4.98 Å². The van der Waals surface area contributed by atoms with E-state index in [4.69, 9.17) is 9.72 Å². The molecule has 32 heavy (non-hydrogen) atoms. The number of hydrogen-bond acceptors (Lipinski definition) is 4. The number of carbonyl (C=O) groups excluding carboxylic acids is 1. The summed E-state index contributed by atoms with van der Waals surface area (Å²) in [6.45, 7) is 0. The Morgan fingerprint density at radius 2 is 1.81 bits per heavy atom. The summed E-state index contributed by atoms with van der Waals surface area (Å²) >= 11 is 0. The van der Waals surface area contributed by atoms with Crippen molar-refractivity contribution in [3.63, 3.8) is 0 Å². The number of amides is 1.